The smallest absolute Gasteiger partial charge is 0.408 e. The van der Waals surface area contributed by atoms with Gasteiger partial charge in [-0.3, -0.25) is 9.36 Å². The molecule has 1 fully saturated rings. The Kier molecular flexibility index (Phi) is 7.09. The molecule has 4 rings (SSSR count). The first kappa shape index (κ1) is 27.9. The lowest BCUT2D eigenvalue weighted by Crippen LogP contribution is -2.51. The first-order valence-electron chi connectivity index (χ1n) is 12.3. The third-order valence-corrected chi connectivity index (χ3v) is 6.64. The topological polar surface area (TPSA) is 114 Å². The van der Waals surface area contributed by atoms with E-state index in [0.29, 0.717) is 25.6 Å². The second-order valence-electron chi connectivity index (χ2n) is 11.1. The highest BCUT2D eigenvalue weighted by molar-refractivity contribution is 5.92. The average molecular weight is 547 g/mol. The monoisotopic (exact) mass is 546 g/mol. The molecule has 1 atom stereocenters. The number of rotatable bonds is 5. The zero-order chi connectivity index (χ0) is 28.9. The molecule has 1 unspecified atom stereocenters. The molecule has 0 radical (unpaired) electrons. The van der Waals surface area contributed by atoms with Crippen molar-refractivity contribution in [2.75, 3.05) is 18.0 Å². The Morgan fingerprint density at radius 3 is 2.41 bits per heavy atom. The summed E-state index contributed by atoms with van der Waals surface area (Å²) in [5.74, 6) is -4.60. The van der Waals surface area contributed by atoms with Gasteiger partial charge >= 0.3 is 12.1 Å². The average Bonchev–Trinajstić information content (AvgIpc) is 3.29. The summed E-state index contributed by atoms with van der Waals surface area (Å²) >= 11 is 0. The first-order valence-corrected chi connectivity index (χ1v) is 12.3. The van der Waals surface area contributed by atoms with Crippen LogP contribution >= 0.6 is 0 Å². The van der Waals surface area contributed by atoms with Gasteiger partial charge in [-0.1, -0.05) is 0 Å². The van der Waals surface area contributed by atoms with Crippen molar-refractivity contribution in [2.45, 2.75) is 52.2 Å². The van der Waals surface area contributed by atoms with Gasteiger partial charge in [0.15, 0.2) is 17.3 Å². The molecule has 0 aliphatic carbocycles. The van der Waals surface area contributed by atoms with Crippen molar-refractivity contribution in [3.63, 3.8) is 0 Å². The Morgan fingerprint density at radius 1 is 1.10 bits per heavy atom. The van der Waals surface area contributed by atoms with Crippen LogP contribution in [0, 0.1) is 23.4 Å². The summed E-state index contributed by atoms with van der Waals surface area (Å²) in [5, 5.41) is 12.0. The van der Waals surface area contributed by atoms with Crippen LogP contribution in [0.15, 0.2) is 35.3 Å². The van der Waals surface area contributed by atoms with Crippen LogP contribution in [0.1, 0.15) is 51.4 Å². The largest absolute Gasteiger partial charge is 0.477 e. The van der Waals surface area contributed by atoms with Crippen molar-refractivity contribution >= 4 is 28.9 Å². The molecule has 3 heterocycles. The number of nitrogens with zero attached hydrogens (tertiary/aromatic N) is 3. The number of anilines is 1. The van der Waals surface area contributed by atoms with Gasteiger partial charge in [0.2, 0.25) is 5.43 Å². The standard InChI is InChI=1S/C27H29F3N4O5/c1-26(2,3)39-25(38)32-27(4,5)14-8-9-33(12-14)23-19(30)11-16-21(35)17(24(36)37)13-34(22(16)31-23)20-7-6-15(28)10-18(20)29/h6-7,10-11,13-14H,8-9,12H2,1-5H3,(H,32,38)(H,36,37). The van der Waals surface area contributed by atoms with Gasteiger partial charge in [0.05, 0.1) is 11.1 Å². The number of carbonyl (C=O) groups excluding carboxylic acids is 1. The Balaban J connectivity index is 1.75. The molecule has 208 valence electrons. The minimum Gasteiger partial charge on any atom is -0.477 e. The molecule has 2 aromatic heterocycles. The van der Waals surface area contributed by atoms with Crippen molar-refractivity contribution in [3.8, 4) is 5.69 Å². The van der Waals surface area contributed by atoms with Crippen molar-refractivity contribution in [3.05, 3.63) is 63.7 Å². The van der Waals surface area contributed by atoms with Crippen LogP contribution < -0.4 is 15.6 Å². The van der Waals surface area contributed by atoms with Gasteiger partial charge in [-0.05, 0) is 59.2 Å². The molecule has 0 spiro atoms. The number of aromatic carboxylic acids is 1. The Bertz CT molecular complexity index is 1530. The lowest BCUT2D eigenvalue weighted by atomic mass is 9.87. The SMILES string of the molecule is CC(C)(C)OC(=O)NC(C)(C)C1CCN(c2nc3c(cc2F)c(=O)c(C(=O)O)cn3-c2ccc(F)cc2F)C1. The number of hydrogen-bond donors (Lipinski definition) is 2. The number of carbonyl (C=O) groups is 2. The van der Waals surface area contributed by atoms with E-state index in [4.69, 9.17) is 4.74 Å². The molecule has 12 heteroatoms. The number of benzene rings is 1. The quantitative estimate of drug-likeness (QED) is 0.480. The second kappa shape index (κ2) is 9.90. The first-order chi connectivity index (χ1) is 18.1. The summed E-state index contributed by atoms with van der Waals surface area (Å²) in [6.45, 7) is 9.57. The highest BCUT2D eigenvalue weighted by atomic mass is 19.1. The maximum absolute atomic E-state index is 15.4. The van der Waals surface area contributed by atoms with Crippen LogP contribution in [0.5, 0.6) is 0 Å². The minimum atomic E-state index is -1.59. The van der Waals surface area contributed by atoms with E-state index in [0.717, 1.165) is 29.0 Å². The van der Waals surface area contributed by atoms with Crippen LogP contribution in [0.2, 0.25) is 0 Å². The number of hydrogen-bond acceptors (Lipinski definition) is 6. The molecule has 1 saturated heterocycles. The van der Waals surface area contributed by atoms with E-state index in [1.54, 1.807) is 25.7 Å². The summed E-state index contributed by atoms with van der Waals surface area (Å²) in [4.78, 5) is 42.9. The third kappa shape index (κ3) is 5.69. The number of halogens is 3. The maximum atomic E-state index is 15.4. The number of aromatic nitrogens is 2. The second-order valence-corrected chi connectivity index (χ2v) is 11.1. The normalized spacial score (nSPS) is 16.0. The van der Waals surface area contributed by atoms with E-state index in [2.05, 4.69) is 10.3 Å². The Labute approximate surface area is 222 Å². The number of alkyl carbamates (subject to hydrolysis) is 1. The van der Waals surface area contributed by atoms with Gasteiger partial charge in [-0.15, -0.1) is 0 Å². The molecular formula is C27H29F3N4O5. The molecule has 1 aliphatic rings. The van der Waals surface area contributed by atoms with Gasteiger partial charge in [-0.25, -0.2) is 27.7 Å². The minimum absolute atomic E-state index is 0.128. The molecule has 1 aliphatic heterocycles. The van der Waals surface area contributed by atoms with Gasteiger partial charge in [0.25, 0.3) is 0 Å². The number of carboxylic acids is 1. The number of ether oxygens (including phenoxy) is 1. The highest BCUT2D eigenvalue weighted by Gasteiger charge is 2.38. The summed E-state index contributed by atoms with van der Waals surface area (Å²) in [7, 11) is 0. The van der Waals surface area contributed by atoms with Crippen LogP contribution in [0.25, 0.3) is 16.7 Å². The van der Waals surface area contributed by atoms with Gasteiger partial charge in [0.1, 0.15) is 22.8 Å². The van der Waals surface area contributed by atoms with E-state index in [1.807, 2.05) is 13.8 Å². The number of fused-ring (bicyclic) bond motifs is 1. The summed E-state index contributed by atoms with van der Waals surface area (Å²) in [5.41, 5.74) is -3.58. The summed E-state index contributed by atoms with van der Waals surface area (Å²) in [6, 6.07) is 3.52. The fourth-order valence-corrected chi connectivity index (χ4v) is 4.66. The molecule has 39 heavy (non-hydrogen) atoms. The van der Waals surface area contributed by atoms with Crippen molar-refractivity contribution in [2.24, 2.45) is 5.92 Å². The lowest BCUT2D eigenvalue weighted by Gasteiger charge is -2.33. The van der Waals surface area contributed by atoms with Crippen LogP contribution in [0.3, 0.4) is 0 Å². The van der Waals surface area contributed by atoms with Gasteiger partial charge < -0.3 is 20.1 Å². The fourth-order valence-electron chi connectivity index (χ4n) is 4.66. The van der Waals surface area contributed by atoms with E-state index >= 15 is 4.39 Å². The molecule has 2 N–H and O–H groups in total. The van der Waals surface area contributed by atoms with Crippen LogP contribution in [0.4, 0.5) is 23.8 Å². The summed E-state index contributed by atoms with van der Waals surface area (Å²) < 4.78 is 50.0. The van der Waals surface area contributed by atoms with Crippen LogP contribution in [-0.4, -0.2) is 50.9 Å². The molecule has 1 aromatic carbocycles. The number of nitrogens with one attached hydrogen (secondary N) is 1. The van der Waals surface area contributed by atoms with E-state index in [9.17, 15) is 28.3 Å². The fraction of sp³-hybridized carbons (Fsp3) is 0.407. The van der Waals surface area contributed by atoms with E-state index in [-0.39, 0.29) is 28.5 Å². The van der Waals surface area contributed by atoms with Crippen molar-refractivity contribution < 1.29 is 32.6 Å². The zero-order valence-electron chi connectivity index (χ0n) is 22.1. The zero-order valence-corrected chi connectivity index (χ0v) is 22.1. The lowest BCUT2D eigenvalue weighted by molar-refractivity contribution is 0.0441. The van der Waals surface area contributed by atoms with Crippen molar-refractivity contribution in [1.29, 1.82) is 0 Å². The van der Waals surface area contributed by atoms with Gasteiger partial charge in [0, 0.05) is 36.8 Å². The number of amides is 1. The van der Waals surface area contributed by atoms with Gasteiger partial charge in [-0.2, -0.15) is 0 Å². The van der Waals surface area contributed by atoms with Crippen LogP contribution in [-0.2, 0) is 4.74 Å². The molecule has 0 saturated carbocycles. The predicted octanol–water partition coefficient (Wildman–Crippen LogP) is 4.63. The molecule has 0 bridgehead atoms. The summed E-state index contributed by atoms with van der Waals surface area (Å²) in [6.07, 6.45) is 0.873. The van der Waals surface area contributed by atoms with E-state index < -0.39 is 51.6 Å². The predicted molar refractivity (Wildman–Crippen MR) is 138 cm³/mol. The van der Waals surface area contributed by atoms with E-state index in [1.165, 1.54) is 0 Å². The third-order valence-electron chi connectivity index (χ3n) is 6.64. The molecular weight excluding hydrogens is 517 g/mol. The molecule has 3 aromatic rings. The number of pyridine rings is 2. The molecule has 9 nitrogen and oxygen atoms in total. The Hall–Kier alpha value is -4.09. The number of carboxylic acid groups (broad SMARTS) is 1. The molecule has 1 amide bonds. The van der Waals surface area contributed by atoms with Crippen molar-refractivity contribution in [1.82, 2.24) is 14.9 Å². The Morgan fingerprint density at radius 2 is 1.79 bits per heavy atom. The highest BCUT2D eigenvalue weighted by Crippen LogP contribution is 2.33. The maximum Gasteiger partial charge on any atom is 0.408 e.